The van der Waals surface area contributed by atoms with Crippen molar-refractivity contribution in [3.63, 3.8) is 0 Å². The molecule has 3 heterocycles. The van der Waals surface area contributed by atoms with Gasteiger partial charge in [-0.25, -0.2) is 14.3 Å². The van der Waals surface area contributed by atoms with Crippen LogP contribution < -0.4 is 10.6 Å². The largest absolute Gasteiger partial charge is 0.465 e. The third-order valence-corrected chi connectivity index (χ3v) is 6.38. The lowest BCUT2D eigenvalue weighted by molar-refractivity contribution is -0.126. The molecule has 2 aromatic heterocycles. The minimum absolute atomic E-state index is 0.0395. The first-order valence-electron chi connectivity index (χ1n) is 10.6. The van der Waals surface area contributed by atoms with E-state index in [2.05, 4.69) is 27.6 Å². The highest BCUT2D eigenvalue weighted by Gasteiger charge is 2.30. The predicted molar refractivity (Wildman–Crippen MR) is 107 cm³/mol. The molecule has 0 radical (unpaired) electrons. The van der Waals surface area contributed by atoms with Crippen LogP contribution in [0, 0.1) is 17.8 Å². The number of carboxylic acid groups (broad SMARTS) is 1. The first kappa shape index (κ1) is 19.7. The maximum absolute atomic E-state index is 12.0. The van der Waals surface area contributed by atoms with Gasteiger partial charge in [-0.2, -0.15) is 5.10 Å². The standard InChI is InChI=1S/C21H29N5O3/c1-13-4-6-14(7-5-13)19(24-21(28)29)17-12-26-18(23-17)9-8-16(25-26)11-15-3-2-10-22-20(15)27/h8-9,12-15,19,24H,2-7,10-11H2,1H3,(H,22,27)(H,28,29)/t13?,14?,15?,19-/m0/s1. The third kappa shape index (κ3) is 4.52. The Hall–Kier alpha value is -2.64. The molecule has 0 aromatic carbocycles. The summed E-state index contributed by atoms with van der Waals surface area (Å²) in [6, 6.07) is 3.48. The molecular formula is C21H29N5O3. The monoisotopic (exact) mass is 399 g/mol. The fourth-order valence-corrected chi connectivity index (χ4v) is 4.67. The molecule has 0 spiro atoms. The lowest BCUT2D eigenvalue weighted by Gasteiger charge is -2.31. The fraction of sp³-hybridized carbons (Fsp3) is 0.619. The van der Waals surface area contributed by atoms with Gasteiger partial charge in [0.1, 0.15) is 0 Å². The molecule has 8 heteroatoms. The normalized spacial score (nSPS) is 26.1. The zero-order chi connectivity index (χ0) is 20.4. The second-order valence-electron chi connectivity index (χ2n) is 8.57. The summed E-state index contributed by atoms with van der Waals surface area (Å²) >= 11 is 0. The number of piperidine rings is 1. The number of amides is 2. The van der Waals surface area contributed by atoms with E-state index in [-0.39, 0.29) is 23.8 Å². The molecule has 2 fully saturated rings. The van der Waals surface area contributed by atoms with Crippen molar-refractivity contribution in [2.45, 2.75) is 57.9 Å². The van der Waals surface area contributed by atoms with E-state index in [0.717, 1.165) is 50.8 Å². The zero-order valence-corrected chi connectivity index (χ0v) is 16.8. The minimum atomic E-state index is -1.03. The smallest absolute Gasteiger partial charge is 0.405 e. The van der Waals surface area contributed by atoms with Gasteiger partial charge >= 0.3 is 6.09 Å². The van der Waals surface area contributed by atoms with Crippen LogP contribution in [0.5, 0.6) is 0 Å². The molecule has 1 unspecified atom stereocenters. The number of fused-ring (bicyclic) bond motifs is 1. The van der Waals surface area contributed by atoms with Crippen LogP contribution in [0.4, 0.5) is 4.79 Å². The van der Waals surface area contributed by atoms with E-state index in [0.29, 0.717) is 23.7 Å². The molecule has 1 aliphatic heterocycles. The number of carbonyl (C=O) groups is 2. The lowest BCUT2D eigenvalue weighted by Crippen LogP contribution is -2.37. The van der Waals surface area contributed by atoms with Crippen molar-refractivity contribution in [3.8, 4) is 0 Å². The van der Waals surface area contributed by atoms with E-state index in [4.69, 9.17) is 0 Å². The first-order valence-corrected chi connectivity index (χ1v) is 10.6. The molecule has 1 saturated heterocycles. The molecule has 0 bridgehead atoms. The number of nitrogens with one attached hydrogen (secondary N) is 2. The third-order valence-electron chi connectivity index (χ3n) is 6.38. The van der Waals surface area contributed by atoms with E-state index in [1.807, 2.05) is 18.3 Å². The molecule has 4 rings (SSSR count). The molecule has 1 aliphatic carbocycles. The highest BCUT2D eigenvalue weighted by molar-refractivity contribution is 5.79. The van der Waals surface area contributed by atoms with E-state index in [1.165, 1.54) is 0 Å². The van der Waals surface area contributed by atoms with Gasteiger partial charge in [0.25, 0.3) is 0 Å². The summed E-state index contributed by atoms with van der Waals surface area (Å²) in [4.78, 5) is 28.1. The number of imidazole rings is 1. The summed E-state index contributed by atoms with van der Waals surface area (Å²) in [7, 11) is 0. The van der Waals surface area contributed by atoms with E-state index in [9.17, 15) is 14.7 Å². The Labute approximate surface area is 170 Å². The molecule has 2 atom stereocenters. The second kappa shape index (κ2) is 8.39. The molecule has 1 saturated carbocycles. The maximum Gasteiger partial charge on any atom is 0.405 e. The number of hydrogen-bond acceptors (Lipinski definition) is 4. The molecule has 156 valence electrons. The van der Waals surface area contributed by atoms with Gasteiger partial charge in [0, 0.05) is 18.9 Å². The van der Waals surface area contributed by atoms with E-state index < -0.39 is 6.09 Å². The van der Waals surface area contributed by atoms with Crippen LogP contribution >= 0.6 is 0 Å². The highest BCUT2D eigenvalue weighted by atomic mass is 16.4. The van der Waals surface area contributed by atoms with Gasteiger partial charge < -0.3 is 15.7 Å². The Balaban J connectivity index is 1.56. The Morgan fingerprint density at radius 2 is 2.10 bits per heavy atom. The number of aromatic nitrogens is 3. The molecule has 8 nitrogen and oxygen atoms in total. The summed E-state index contributed by atoms with van der Waals surface area (Å²) in [5, 5.41) is 19.6. The van der Waals surface area contributed by atoms with E-state index in [1.54, 1.807) is 4.52 Å². The van der Waals surface area contributed by atoms with Crippen molar-refractivity contribution in [2.24, 2.45) is 17.8 Å². The summed E-state index contributed by atoms with van der Waals surface area (Å²) in [5.41, 5.74) is 2.25. The molecule has 2 amide bonds. The SMILES string of the molecule is CC1CCC([C@H](NC(=O)O)c2cn3nc(CC4CCCNC4=O)ccc3n2)CC1. The number of rotatable bonds is 5. The molecular weight excluding hydrogens is 370 g/mol. The van der Waals surface area contributed by atoms with Crippen molar-refractivity contribution >= 4 is 17.6 Å². The van der Waals surface area contributed by atoms with Gasteiger partial charge in [-0.1, -0.05) is 19.8 Å². The second-order valence-corrected chi connectivity index (χ2v) is 8.57. The average molecular weight is 399 g/mol. The summed E-state index contributed by atoms with van der Waals surface area (Å²) in [6.07, 6.45) is 7.50. The number of nitrogens with zero attached hydrogens (tertiary/aromatic N) is 3. The first-order chi connectivity index (χ1) is 14.0. The fourth-order valence-electron chi connectivity index (χ4n) is 4.67. The van der Waals surface area contributed by atoms with Gasteiger partial charge in [-0.15, -0.1) is 0 Å². The number of hydrogen-bond donors (Lipinski definition) is 3. The van der Waals surface area contributed by atoms with Crippen molar-refractivity contribution in [1.82, 2.24) is 25.2 Å². The van der Waals surface area contributed by atoms with Crippen LogP contribution in [0.3, 0.4) is 0 Å². The highest BCUT2D eigenvalue weighted by Crippen LogP contribution is 2.36. The van der Waals surface area contributed by atoms with E-state index >= 15 is 0 Å². The molecule has 2 aromatic rings. The predicted octanol–water partition coefficient (Wildman–Crippen LogP) is 2.93. The Bertz CT molecular complexity index is 888. The van der Waals surface area contributed by atoms with Crippen molar-refractivity contribution < 1.29 is 14.7 Å². The van der Waals surface area contributed by atoms with Gasteiger partial charge in [0.05, 0.1) is 23.6 Å². The summed E-state index contributed by atoms with van der Waals surface area (Å²) in [6.45, 7) is 3.00. The van der Waals surface area contributed by atoms with Crippen LogP contribution in [0.25, 0.3) is 5.65 Å². The van der Waals surface area contributed by atoms with Gasteiger partial charge in [0.2, 0.25) is 5.91 Å². The van der Waals surface area contributed by atoms with Crippen LogP contribution in [-0.2, 0) is 11.2 Å². The Morgan fingerprint density at radius 3 is 2.83 bits per heavy atom. The number of carbonyl (C=O) groups excluding carboxylic acids is 1. The minimum Gasteiger partial charge on any atom is -0.465 e. The average Bonchev–Trinajstić information content (AvgIpc) is 3.12. The van der Waals surface area contributed by atoms with Gasteiger partial charge in [-0.05, 0) is 49.7 Å². The molecule has 3 N–H and O–H groups in total. The Morgan fingerprint density at radius 1 is 1.31 bits per heavy atom. The van der Waals surface area contributed by atoms with Crippen molar-refractivity contribution in [3.05, 3.63) is 29.7 Å². The van der Waals surface area contributed by atoms with Crippen molar-refractivity contribution in [2.75, 3.05) is 6.54 Å². The van der Waals surface area contributed by atoms with Crippen LogP contribution in [0.2, 0.25) is 0 Å². The Kier molecular flexibility index (Phi) is 5.69. The maximum atomic E-state index is 12.0. The molecule has 2 aliphatic rings. The van der Waals surface area contributed by atoms with Gasteiger partial charge in [-0.3, -0.25) is 4.79 Å². The topological polar surface area (TPSA) is 109 Å². The van der Waals surface area contributed by atoms with Crippen LogP contribution in [0.1, 0.15) is 62.9 Å². The zero-order valence-electron chi connectivity index (χ0n) is 16.8. The lowest BCUT2D eigenvalue weighted by atomic mass is 9.78. The summed E-state index contributed by atoms with van der Waals surface area (Å²) in [5.74, 6) is 1.00. The summed E-state index contributed by atoms with van der Waals surface area (Å²) < 4.78 is 1.72. The van der Waals surface area contributed by atoms with Crippen molar-refractivity contribution in [1.29, 1.82) is 0 Å². The molecule has 29 heavy (non-hydrogen) atoms. The van der Waals surface area contributed by atoms with Crippen LogP contribution in [-0.4, -0.2) is 38.2 Å². The van der Waals surface area contributed by atoms with Crippen LogP contribution in [0.15, 0.2) is 18.3 Å². The van der Waals surface area contributed by atoms with Gasteiger partial charge in [0.15, 0.2) is 5.65 Å². The quantitative estimate of drug-likeness (QED) is 0.716.